The lowest BCUT2D eigenvalue weighted by Gasteiger charge is -2.33. The number of nitrogens with zero attached hydrogens (tertiary/aromatic N) is 4. The normalized spacial score (nSPS) is 19.5. The minimum absolute atomic E-state index is 0.187. The lowest BCUT2D eigenvalue weighted by atomic mass is 10.1. The van der Waals surface area contributed by atoms with Gasteiger partial charge in [-0.15, -0.1) is 0 Å². The molecule has 1 atom stereocenters. The largest absolute Gasteiger partial charge is 0.363 e. The predicted molar refractivity (Wildman–Crippen MR) is 106 cm³/mol. The molecule has 0 amide bonds. The predicted octanol–water partition coefficient (Wildman–Crippen LogP) is 1.62. The van der Waals surface area contributed by atoms with Crippen LogP contribution in [0.15, 0.2) is 58.6 Å². The summed E-state index contributed by atoms with van der Waals surface area (Å²) in [5, 5.41) is 6.55. The van der Waals surface area contributed by atoms with Gasteiger partial charge in [-0.3, -0.25) is 5.73 Å². The van der Waals surface area contributed by atoms with Gasteiger partial charge < -0.3 is 15.5 Å². The van der Waals surface area contributed by atoms with Gasteiger partial charge in [0.2, 0.25) is 11.7 Å². The molecule has 4 N–H and O–H groups in total. The third kappa shape index (κ3) is 3.83. The number of pyridine rings is 1. The average molecular weight is 351 g/mol. The number of rotatable bonds is 4. The van der Waals surface area contributed by atoms with E-state index >= 15 is 0 Å². The second-order valence-electron chi connectivity index (χ2n) is 6.75. The molecule has 136 valence electrons. The molecule has 3 rings (SSSR count). The van der Waals surface area contributed by atoms with E-state index in [2.05, 4.69) is 25.6 Å². The monoisotopic (exact) mass is 351 g/mol. The molecule has 7 nitrogen and oxygen atoms in total. The Morgan fingerprint density at radius 3 is 2.54 bits per heavy atom. The second kappa shape index (κ2) is 7.13. The van der Waals surface area contributed by atoms with Crippen molar-refractivity contribution in [3.8, 4) is 0 Å². The highest BCUT2D eigenvalue weighted by atomic mass is 15.4. The van der Waals surface area contributed by atoms with Gasteiger partial charge in [0.25, 0.3) is 0 Å². The quantitative estimate of drug-likeness (QED) is 0.779. The maximum Gasteiger partial charge on any atom is 0.223 e. The number of nitrogens with one attached hydrogen (secondary N) is 2. The first-order chi connectivity index (χ1) is 12.4. The number of anilines is 1. The Hall–Kier alpha value is -2.93. The molecule has 0 saturated heterocycles. The van der Waals surface area contributed by atoms with Crippen molar-refractivity contribution in [1.82, 2.24) is 15.6 Å². The summed E-state index contributed by atoms with van der Waals surface area (Å²) in [5.74, 6) is 0.849. The summed E-state index contributed by atoms with van der Waals surface area (Å²) in [6.07, 6.45) is 1.74. The maximum atomic E-state index is 6.68. The molecule has 1 aromatic carbocycles. The zero-order valence-electron chi connectivity index (χ0n) is 15.6. The fourth-order valence-electron chi connectivity index (χ4n) is 2.63. The van der Waals surface area contributed by atoms with E-state index in [-0.39, 0.29) is 6.04 Å². The minimum Gasteiger partial charge on any atom is -0.363 e. The number of hydrogen-bond acceptors (Lipinski definition) is 7. The number of amidine groups is 1. The number of guanidine groups is 1. The molecule has 1 aliphatic heterocycles. The van der Waals surface area contributed by atoms with Crippen molar-refractivity contribution in [1.29, 1.82) is 0 Å². The van der Waals surface area contributed by atoms with Crippen molar-refractivity contribution in [3.05, 3.63) is 59.8 Å². The van der Waals surface area contributed by atoms with E-state index in [4.69, 9.17) is 5.73 Å². The van der Waals surface area contributed by atoms with E-state index in [0.29, 0.717) is 11.8 Å². The molecule has 0 bridgehead atoms. The first-order valence-corrected chi connectivity index (χ1v) is 8.59. The van der Waals surface area contributed by atoms with Crippen molar-refractivity contribution in [2.45, 2.75) is 25.7 Å². The zero-order chi connectivity index (χ0) is 18.7. The van der Waals surface area contributed by atoms with E-state index in [1.54, 1.807) is 6.20 Å². The van der Waals surface area contributed by atoms with E-state index in [0.717, 1.165) is 16.9 Å². The van der Waals surface area contributed by atoms with E-state index in [1.807, 2.05) is 75.3 Å². The summed E-state index contributed by atoms with van der Waals surface area (Å²) in [7, 11) is 3.88. The van der Waals surface area contributed by atoms with E-state index in [9.17, 15) is 0 Å². The minimum atomic E-state index is -1.14. The Balaban J connectivity index is 2.04. The van der Waals surface area contributed by atoms with Crippen LogP contribution in [0.25, 0.3) is 0 Å². The molecule has 1 unspecified atom stereocenters. The van der Waals surface area contributed by atoms with Crippen LogP contribution in [0.2, 0.25) is 0 Å². The third-order valence-corrected chi connectivity index (χ3v) is 3.92. The molecular formula is C19H25N7. The van der Waals surface area contributed by atoms with Gasteiger partial charge in [-0.1, -0.05) is 30.3 Å². The number of aliphatic imine (C=N–C) groups is 2. The lowest BCUT2D eigenvalue weighted by molar-refractivity contribution is 0.422. The smallest absolute Gasteiger partial charge is 0.223 e. The average Bonchev–Trinajstić information content (AvgIpc) is 2.61. The van der Waals surface area contributed by atoms with Crippen LogP contribution in [0.1, 0.15) is 25.0 Å². The van der Waals surface area contributed by atoms with Gasteiger partial charge in [0.05, 0.1) is 0 Å². The second-order valence-corrected chi connectivity index (χ2v) is 6.75. The van der Waals surface area contributed by atoms with E-state index < -0.39 is 5.79 Å². The maximum absolute atomic E-state index is 6.68. The third-order valence-electron chi connectivity index (χ3n) is 3.92. The lowest BCUT2D eigenvalue weighted by Crippen LogP contribution is -2.56. The molecule has 0 radical (unpaired) electrons. The van der Waals surface area contributed by atoms with Crippen LogP contribution < -0.4 is 21.3 Å². The van der Waals surface area contributed by atoms with Gasteiger partial charge in [0.15, 0.2) is 0 Å². The Bertz CT molecular complexity index is 827. The summed E-state index contributed by atoms with van der Waals surface area (Å²) in [5.41, 5.74) is 8.43. The van der Waals surface area contributed by atoms with Crippen LogP contribution in [0, 0.1) is 0 Å². The van der Waals surface area contributed by atoms with Gasteiger partial charge in [-0.05, 0) is 26.0 Å². The molecule has 7 heteroatoms. The molecule has 2 aromatic rings. The van der Waals surface area contributed by atoms with Crippen LogP contribution in [-0.2, 0) is 5.79 Å². The first kappa shape index (κ1) is 17.9. The van der Waals surface area contributed by atoms with Crippen molar-refractivity contribution in [2.75, 3.05) is 19.0 Å². The van der Waals surface area contributed by atoms with Gasteiger partial charge in [0.1, 0.15) is 11.7 Å². The fourth-order valence-corrected chi connectivity index (χ4v) is 2.63. The Labute approximate surface area is 154 Å². The molecule has 26 heavy (non-hydrogen) atoms. The number of nitrogens with two attached hydrogens (primary N) is 1. The van der Waals surface area contributed by atoms with Gasteiger partial charge in [-0.2, -0.15) is 4.99 Å². The molecule has 1 aromatic heterocycles. The van der Waals surface area contributed by atoms with Crippen molar-refractivity contribution < 1.29 is 0 Å². The van der Waals surface area contributed by atoms with Crippen LogP contribution in [0.5, 0.6) is 0 Å². The fraction of sp³-hybridized carbons (Fsp3) is 0.316. The van der Waals surface area contributed by atoms with Crippen LogP contribution >= 0.6 is 0 Å². The Morgan fingerprint density at radius 1 is 1.15 bits per heavy atom. The molecule has 0 spiro atoms. The summed E-state index contributed by atoms with van der Waals surface area (Å²) in [6, 6.07) is 13.9. The summed E-state index contributed by atoms with van der Waals surface area (Å²) in [4.78, 5) is 15.5. The Kier molecular flexibility index (Phi) is 4.90. The van der Waals surface area contributed by atoms with Gasteiger partial charge >= 0.3 is 0 Å². The van der Waals surface area contributed by atoms with Crippen molar-refractivity contribution >= 4 is 17.6 Å². The molecule has 1 aliphatic rings. The molecular weight excluding hydrogens is 326 g/mol. The highest BCUT2D eigenvalue weighted by molar-refractivity contribution is 6.07. The molecule has 0 fully saturated rings. The number of benzene rings is 1. The summed E-state index contributed by atoms with van der Waals surface area (Å²) < 4.78 is 0. The number of hydrogen-bond donors (Lipinski definition) is 3. The highest BCUT2D eigenvalue weighted by Gasteiger charge is 2.33. The Morgan fingerprint density at radius 2 is 1.88 bits per heavy atom. The molecule has 2 heterocycles. The standard InChI is InChI=1S/C19H25N7/c1-13(2)22-18-23-17(14-8-6-5-7-9-14)24-19(20,25-18)15-10-11-21-16(12-15)26(3)4/h5-13H,20H2,1-4H3,(H2,22,23,24,25). The topological polar surface area (TPSA) is 90.9 Å². The van der Waals surface area contributed by atoms with Crippen LogP contribution in [0.4, 0.5) is 5.82 Å². The first-order valence-electron chi connectivity index (χ1n) is 8.59. The SMILES string of the molecule is CC(C)NC1=NC(N)(c2ccnc(N(C)C)c2)NC(c2ccccc2)=N1. The van der Waals surface area contributed by atoms with Crippen molar-refractivity contribution in [2.24, 2.45) is 15.7 Å². The van der Waals surface area contributed by atoms with Crippen molar-refractivity contribution in [3.63, 3.8) is 0 Å². The molecule has 0 aliphatic carbocycles. The zero-order valence-corrected chi connectivity index (χ0v) is 15.6. The van der Waals surface area contributed by atoms with Gasteiger partial charge in [0, 0.05) is 37.5 Å². The van der Waals surface area contributed by atoms with Crippen LogP contribution in [0.3, 0.4) is 0 Å². The molecule has 0 saturated carbocycles. The number of aromatic nitrogens is 1. The summed E-state index contributed by atoms with van der Waals surface area (Å²) in [6.45, 7) is 4.08. The highest BCUT2D eigenvalue weighted by Crippen LogP contribution is 2.23. The summed E-state index contributed by atoms with van der Waals surface area (Å²) >= 11 is 0. The van der Waals surface area contributed by atoms with E-state index in [1.165, 1.54) is 0 Å². The van der Waals surface area contributed by atoms with Gasteiger partial charge in [-0.25, -0.2) is 9.98 Å². The van der Waals surface area contributed by atoms with Crippen LogP contribution in [-0.4, -0.2) is 36.9 Å².